The second-order valence-corrected chi connectivity index (χ2v) is 5.01. The number of nitrogen functional groups attached to an aromatic ring is 2. The van der Waals surface area contributed by atoms with Crippen molar-refractivity contribution in [2.45, 2.75) is 40.2 Å². The van der Waals surface area contributed by atoms with Gasteiger partial charge in [-0.3, -0.25) is 0 Å². The Hall–Kier alpha value is -1.52. The van der Waals surface area contributed by atoms with Crippen molar-refractivity contribution in [1.82, 2.24) is 9.97 Å². The van der Waals surface area contributed by atoms with Crippen molar-refractivity contribution in [2.75, 3.05) is 16.8 Å². The molecule has 0 aliphatic heterocycles. The molecule has 5 N–H and O–H groups in total. The number of hydrogen-bond donors (Lipinski definition) is 3. The van der Waals surface area contributed by atoms with Crippen molar-refractivity contribution >= 4 is 17.6 Å². The van der Waals surface area contributed by atoms with Crippen LogP contribution >= 0.6 is 0 Å². The lowest BCUT2D eigenvalue weighted by Crippen LogP contribution is -2.33. The number of anilines is 3. The van der Waals surface area contributed by atoms with E-state index >= 15 is 0 Å². The van der Waals surface area contributed by atoms with Crippen LogP contribution in [0, 0.1) is 5.41 Å². The predicted molar refractivity (Wildman–Crippen MR) is 68.0 cm³/mol. The van der Waals surface area contributed by atoms with E-state index in [0.717, 1.165) is 6.42 Å². The highest BCUT2D eigenvalue weighted by Gasteiger charge is 2.23. The molecule has 5 heteroatoms. The van der Waals surface area contributed by atoms with Gasteiger partial charge in [0.2, 0.25) is 5.95 Å². The molecule has 1 heterocycles. The highest BCUT2D eigenvalue weighted by Crippen LogP contribution is 2.25. The van der Waals surface area contributed by atoms with Crippen molar-refractivity contribution in [3.05, 3.63) is 6.07 Å². The first-order chi connectivity index (χ1) is 7.32. The minimum Gasteiger partial charge on any atom is -0.383 e. The SMILES string of the molecule is CC[C@@H](Nc1cc(N)nc(N)n1)C(C)(C)C. The smallest absolute Gasteiger partial charge is 0.223 e. The molecule has 0 unspecified atom stereocenters. The van der Waals surface area contributed by atoms with E-state index in [2.05, 4.69) is 43.0 Å². The summed E-state index contributed by atoms with van der Waals surface area (Å²) < 4.78 is 0. The van der Waals surface area contributed by atoms with Crippen LogP contribution in [-0.4, -0.2) is 16.0 Å². The van der Waals surface area contributed by atoms with Crippen molar-refractivity contribution in [3.8, 4) is 0 Å². The van der Waals surface area contributed by atoms with Crippen LogP contribution in [0.2, 0.25) is 0 Å². The Labute approximate surface area is 96.7 Å². The fourth-order valence-electron chi connectivity index (χ4n) is 1.67. The van der Waals surface area contributed by atoms with Gasteiger partial charge in [-0.2, -0.15) is 9.97 Å². The maximum Gasteiger partial charge on any atom is 0.223 e. The summed E-state index contributed by atoms with van der Waals surface area (Å²) in [4.78, 5) is 7.94. The lowest BCUT2D eigenvalue weighted by atomic mass is 9.85. The molecule has 0 radical (unpaired) electrons. The molecule has 5 nitrogen and oxygen atoms in total. The zero-order valence-corrected chi connectivity index (χ0v) is 10.4. The van der Waals surface area contributed by atoms with E-state index in [9.17, 15) is 0 Å². The van der Waals surface area contributed by atoms with Gasteiger partial charge in [0.15, 0.2) is 0 Å². The molecule has 0 aliphatic carbocycles. The molecule has 0 saturated heterocycles. The minimum atomic E-state index is 0.156. The zero-order chi connectivity index (χ0) is 12.3. The second kappa shape index (κ2) is 4.55. The van der Waals surface area contributed by atoms with Crippen LogP contribution in [0.3, 0.4) is 0 Å². The van der Waals surface area contributed by atoms with Crippen molar-refractivity contribution < 1.29 is 0 Å². The van der Waals surface area contributed by atoms with E-state index in [4.69, 9.17) is 11.5 Å². The Balaban J connectivity index is 2.86. The average molecular weight is 223 g/mol. The van der Waals surface area contributed by atoms with Crippen LogP contribution in [0.1, 0.15) is 34.1 Å². The molecule has 16 heavy (non-hydrogen) atoms. The molecule has 0 spiro atoms. The number of nitrogens with one attached hydrogen (secondary N) is 1. The third-order valence-corrected chi connectivity index (χ3v) is 2.54. The van der Waals surface area contributed by atoms with Crippen LogP contribution in [-0.2, 0) is 0 Å². The highest BCUT2D eigenvalue weighted by molar-refractivity contribution is 5.49. The summed E-state index contributed by atoms with van der Waals surface area (Å²) in [5, 5.41) is 3.34. The average Bonchev–Trinajstić information content (AvgIpc) is 2.10. The van der Waals surface area contributed by atoms with E-state index in [-0.39, 0.29) is 11.4 Å². The molecular formula is C11H21N5. The number of nitrogens with zero attached hydrogens (tertiary/aromatic N) is 2. The summed E-state index contributed by atoms with van der Waals surface area (Å²) >= 11 is 0. The van der Waals surface area contributed by atoms with Gasteiger partial charge in [0.1, 0.15) is 11.6 Å². The summed E-state index contributed by atoms with van der Waals surface area (Å²) in [5.41, 5.74) is 11.3. The standard InChI is InChI=1S/C11H21N5/c1-5-7(11(2,3)4)14-9-6-8(12)15-10(13)16-9/h6-7H,5H2,1-4H3,(H5,12,13,14,15,16)/t7-/m1/s1. The largest absolute Gasteiger partial charge is 0.383 e. The molecule has 0 saturated carbocycles. The van der Waals surface area contributed by atoms with E-state index in [0.29, 0.717) is 17.7 Å². The van der Waals surface area contributed by atoms with Crippen LogP contribution in [0.15, 0.2) is 6.07 Å². The molecule has 1 rings (SSSR count). The molecule has 1 aromatic rings. The molecule has 0 aromatic carbocycles. The summed E-state index contributed by atoms with van der Waals surface area (Å²) in [6.07, 6.45) is 1.01. The molecule has 0 bridgehead atoms. The molecule has 1 atom stereocenters. The minimum absolute atomic E-state index is 0.156. The van der Waals surface area contributed by atoms with Crippen LogP contribution in [0.5, 0.6) is 0 Å². The van der Waals surface area contributed by atoms with E-state index in [1.165, 1.54) is 0 Å². The maximum atomic E-state index is 5.61. The van der Waals surface area contributed by atoms with E-state index in [1.807, 2.05) is 0 Å². The third kappa shape index (κ3) is 3.25. The Morgan fingerprint density at radius 1 is 1.31 bits per heavy atom. The lowest BCUT2D eigenvalue weighted by Gasteiger charge is -2.31. The second-order valence-electron chi connectivity index (χ2n) is 5.01. The summed E-state index contributed by atoms with van der Waals surface area (Å²) in [6.45, 7) is 8.68. The van der Waals surface area contributed by atoms with Gasteiger partial charge in [0.05, 0.1) is 0 Å². The fourth-order valence-corrected chi connectivity index (χ4v) is 1.67. The quantitative estimate of drug-likeness (QED) is 0.728. The van der Waals surface area contributed by atoms with Crippen molar-refractivity contribution in [2.24, 2.45) is 5.41 Å². The topological polar surface area (TPSA) is 89.8 Å². The Kier molecular flexibility index (Phi) is 3.57. The Morgan fingerprint density at radius 3 is 2.38 bits per heavy atom. The molecular weight excluding hydrogens is 202 g/mol. The highest BCUT2D eigenvalue weighted by atomic mass is 15.1. The van der Waals surface area contributed by atoms with Crippen LogP contribution in [0.25, 0.3) is 0 Å². The molecule has 0 aliphatic rings. The molecule has 0 fully saturated rings. The lowest BCUT2D eigenvalue weighted by molar-refractivity contribution is 0.333. The van der Waals surface area contributed by atoms with Gasteiger partial charge in [-0.1, -0.05) is 27.7 Å². The van der Waals surface area contributed by atoms with Gasteiger partial charge >= 0.3 is 0 Å². The van der Waals surface area contributed by atoms with Gasteiger partial charge in [-0.15, -0.1) is 0 Å². The molecule has 0 amide bonds. The number of hydrogen-bond acceptors (Lipinski definition) is 5. The van der Waals surface area contributed by atoms with Gasteiger partial charge in [-0.05, 0) is 11.8 Å². The number of rotatable bonds is 3. The maximum absolute atomic E-state index is 5.61. The van der Waals surface area contributed by atoms with Crippen molar-refractivity contribution in [3.63, 3.8) is 0 Å². The van der Waals surface area contributed by atoms with Crippen molar-refractivity contribution in [1.29, 1.82) is 0 Å². The van der Waals surface area contributed by atoms with Crippen LogP contribution in [0.4, 0.5) is 17.6 Å². The summed E-state index contributed by atoms with van der Waals surface area (Å²) in [5.74, 6) is 1.27. The van der Waals surface area contributed by atoms with Gasteiger partial charge in [-0.25, -0.2) is 0 Å². The Morgan fingerprint density at radius 2 is 1.94 bits per heavy atom. The first-order valence-corrected chi connectivity index (χ1v) is 5.49. The van der Waals surface area contributed by atoms with Gasteiger partial charge in [0, 0.05) is 12.1 Å². The predicted octanol–water partition coefficient (Wildman–Crippen LogP) is 1.88. The molecule has 90 valence electrons. The number of nitrogens with two attached hydrogens (primary N) is 2. The summed E-state index contributed by atoms with van der Waals surface area (Å²) in [7, 11) is 0. The first kappa shape index (κ1) is 12.5. The summed E-state index contributed by atoms with van der Waals surface area (Å²) in [6, 6.07) is 2.02. The Bertz CT molecular complexity index is 336. The van der Waals surface area contributed by atoms with Crippen LogP contribution < -0.4 is 16.8 Å². The first-order valence-electron chi connectivity index (χ1n) is 5.49. The fraction of sp³-hybridized carbons (Fsp3) is 0.636. The van der Waals surface area contributed by atoms with E-state index in [1.54, 1.807) is 6.07 Å². The monoisotopic (exact) mass is 223 g/mol. The normalized spacial score (nSPS) is 13.5. The third-order valence-electron chi connectivity index (χ3n) is 2.54. The van der Waals surface area contributed by atoms with E-state index < -0.39 is 0 Å². The van der Waals surface area contributed by atoms with Gasteiger partial charge in [0.25, 0.3) is 0 Å². The molecule has 1 aromatic heterocycles. The number of aromatic nitrogens is 2. The van der Waals surface area contributed by atoms with Gasteiger partial charge < -0.3 is 16.8 Å². The zero-order valence-electron chi connectivity index (χ0n) is 10.4.